The number of aromatic nitrogens is 2. The lowest BCUT2D eigenvalue weighted by atomic mass is 9.80. The molecule has 2 heterocycles. The molecule has 0 unspecified atom stereocenters. The fourth-order valence-corrected chi connectivity index (χ4v) is 4.24. The molecule has 1 aromatic carbocycles. The number of esters is 1. The summed E-state index contributed by atoms with van der Waals surface area (Å²) in [6.45, 7) is 2.17. The van der Waals surface area contributed by atoms with E-state index in [0.29, 0.717) is 23.4 Å². The molecule has 4 rings (SSSR count). The van der Waals surface area contributed by atoms with Crippen molar-refractivity contribution in [1.82, 2.24) is 9.97 Å². The van der Waals surface area contributed by atoms with E-state index < -0.39 is 6.36 Å². The van der Waals surface area contributed by atoms with Crippen LogP contribution in [0.1, 0.15) is 44.2 Å². The summed E-state index contributed by atoms with van der Waals surface area (Å²) >= 11 is 0. The number of halogens is 3. The largest absolute Gasteiger partial charge is 0.573 e. The number of nitrogens with zero attached hydrogens (tertiary/aromatic N) is 2. The van der Waals surface area contributed by atoms with Crippen LogP contribution in [-0.2, 0) is 9.53 Å². The topological polar surface area (TPSA) is 61.3 Å². The Morgan fingerprint density at radius 2 is 1.88 bits per heavy atom. The van der Waals surface area contributed by atoms with Gasteiger partial charge in [0.1, 0.15) is 5.75 Å². The molecule has 0 saturated heterocycles. The average molecular weight is 444 g/mol. The Morgan fingerprint density at radius 3 is 2.59 bits per heavy atom. The molecule has 3 aromatic rings. The minimum atomic E-state index is -4.77. The van der Waals surface area contributed by atoms with E-state index in [9.17, 15) is 18.0 Å². The van der Waals surface area contributed by atoms with Crippen LogP contribution in [0.25, 0.3) is 22.2 Å². The van der Waals surface area contributed by atoms with Crippen LogP contribution >= 0.6 is 0 Å². The van der Waals surface area contributed by atoms with Crippen LogP contribution in [-0.4, -0.2) is 28.9 Å². The van der Waals surface area contributed by atoms with Gasteiger partial charge in [0.2, 0.25) is 0 Å². The van der Waals surface area contributed by atoms with E-state index in [-0.39, 0.29) is 23.6 Å². The van der Waals surface area contributed by atoms with E-state index in [0.717, 1.165) is 36.8 Å². The average Bonchev–Trinajstić information content (AvgIpc) is 2.77. The molecule has 1 aliphatic rings. The van der Waals surface area contributed by atoms with Crippen LogP contribution in [0.15, 0.2) is 48.7 Å². The van der Waals surface area contributed by atoms with Crippen LogP contribution in [0.2, 0.25) is 0 Å². The van der Waals surface area contributed by atoms with Crippen molar-refractivity contribution >= 4 is 16.9 Å². The highest BCUT2D eigenvalue weighted by Crippen LogP contribution is 2.38. The molecular weight excluding hydrogens is 421 g/mol. The maximum absolute atomic E-state index is 12.7. The van der Waals surface area contributed by atoms with Gasteiger partial charge in [-0.15, -0.1) is 13.2 Å². The molecular formula is C24H23F3N2O3. The summed E-state index contributed by atoms with van der Waals surface area (Å²) in [5, 5.41) is 0.863. The maximum atomic E-state index is 12.7. The van der Waals surface area contributed by atoms with Crippen LogP contribution < -0.4 is 4.74 Å². The van der Waals surface area contributed by atoms with Gasteiger partial charge in [0.25, 0.3) is 0 Å². The Kier molecular flexibility index (Phi) is 6.30. The zero-order chi connectivity index (χ0) is 22.7. The number of fused-ring (bicyclic) bond motifs is 1. The van der Waals surface area contributed by atoms with Crippen LogP contribution in [0, 0.1) is 5.92 Å². The lowest BCUT2D eigenvalue weighted by Gasteiger charge is -2.27. The third kappa shape index (κ3) is 5.00. The smallest absolute Gasteiger partial charge is 0.466 e. The van der Waals surface area contributed by atoms with Crippen molar-refractivity contribution in [2.75, 3.05) is 6.61 Å². The minimum absolute atomic E-state index is 0.0935. The number of hydrogen-bond acceptors (Lipinski definition) is 5. The number of ether oxygens (including phenoxy) is 2. The first-order chi connectivity index (χ1) is 15.3. The van der Waals surface area contributed by atoms with Crippen molar-refractivity contribution in [3.63, 3.8) is 0 Å². The quantitative estimate of drug-likeness (QED) is 0.450. The number of benzene rings is 1. The van der Waals surface area contributed by atoms with Crippen molar-refractivity contribution in [3.05, 3.63) is 54.4 Å². The van der Waals surface area contributed by atoms with Gasteiger partial charge in [-0.3, -0.25) is 14.8 Å². The summed E-state index contributed by atoms with van der Waals surface area (Å²) in [4.78, 5) is 21.3. The zero-order valence-electron chi connectivity index (χ0n) is 17.6. The molecule has 0 radical (unpaired) electrons. The fourth-order valence-electron chi connectivity index (χ4n) is 4.24. The highest BCUT2D eigenvalue weighted by molar-refractivity contribution is 5.91. The Balaban J connectivity index is 1.66. The zero-order valence-corrected chi connectivity index (χ0v) is 17.6. The molecule has 5 nitrogen and oxygen atoms in total. The van der Waals surface area contributed by atoms with E-state index in [2.05, 4.69) is 9.72 Å². The predicted octanol–water partition coefficient (Wildman–Crippen LogP) is 6.03. The van der Waals surface area contributed by atoms with Crippen molar-refractivity contribution in [2.24, 2.45) is 5.92 Å². The van der Waals surface area contributed by atoms with E-state index in [1.807, 2.05) is 18.2 Å². The molecule has 168 valence electrons. The molecule has 0 bridgehead atoms. The molecule has 0 atom stereocenters. The highest BCUT2D eigenvalue weighted by atomic mass is 19.4. The number of rotatable bonds is 5. The highest BCUT2D eigenvalue weighted by Gasteiger charge is 2.31. The van der Waals surface area contributed by atoms with E-state index in [1.54, 1.807) is 19.2 Å². The molecule has 1 saturated carbocycles. The van der Waals surface area contributed by atoms with Crippen molar-refractivity contribution in [1.29, 1.82) is 0 Å². The maximum Gasteiger partial charge on any atom is 0.573 e. The third-order valence-corrected chi connectivity index (χ3v) is 5.71. The predicted molar refractivity (Wildman–Crippen MR) is 113 cm³/mol. The normalized spacial score (nSPS) is 19.0. The molecule has 2 aromatic heterocycles. The number of pyridine rings is 2. The molecule has 32 heavy (non-hydrogen) atoms. The standard InChI is InChI=1S/C24H23F3N2O3/c1-2-31-23(30)16-10-8-15(9-11-16)20-14-18-6-4-12-28-21(18)22(29-20)17-5-3-7-19(13-17)32-24(25,26)27/h3-7,12-16H,2,8-11H2,1H3. The fraction of sp³-hybridized carbons (Fsp3) is 0.375. The lowest BCUT2D eigenvalue weighted by Crippen LogP contribution is -2.23. The van der Waals surface area contributed by atoms with Crippen LogP contribution in [0.5, 0.6) is 5.75 Å². The third-order valence-electron chi connectivity index (χ3n) is 5.71. The summed E-state index contributed by atoms with van der Waals surface area (Å²) in [7, 11) is 0. The second-order valence-electron chi connectivity index (χ2n) is 7.85. The van der Waals surface area contributed by atoms with Gasteiger partial charge >= 0.3 is 12.3 Å². The first kappa shape index (κ1) is 22.0. The van der Waals surface area contributed by atoms with Gasteiger partial charge in [0.05, 0.1) is 23.7 Å². The number of carbonyl (C=O) groups excluding carboxylic acids is 1. The van der Waals surface area contributed by atoms with Gasteiger partial charge in [-0.05, 0) is 56.9 Å². The van der Waals surface area contributed by atoms with Gasteiger partial charge in [-0.25, -0.2) is 0 Å². The Hall–Kier alpha value is -3.16. The second kappa shape index (κ2) is 9.14. The van der Waals surface area contributed by atoms with Crippen LogP contribution in [0.3, 0.4) is 0 Å². The van der Waals surface area contributed by atoms with Crippen molar-refractivity contribution < 1.29 is 27.4 Å². The van der Waals surface area contributed by atoms with Gasteiger partial charge in [-0.1, -0.05) is 18.2 Å². The van der Waals surface area contributed by atoms with E-state index in [4.69, 9.17) is 9.72 Å². The first-order valence-electron chi connectivity index (χ1n) is 10.6. The minimum Gasteiger partial charge on any atom is -0.466 e. The van der Waals surface area contributed by atoms with E-state index in [1.165, 1.54) is 18.2 Å². The van der Waals surface area contributed by atoms with E-state index >= 15 is 0 Å². The lowest BCUT2D eigenvalue weighted by molar-refractivity contribution is -0.274. The summed E-state index contributed by atoms with van der Waals surface area (Å²) in [6.07, 6.45) is -0.113. The van der Waals surface area contributed by atoms with Crippen molar-refractivity contribution in [2.45, 2.75) is 44.9 Å². The first-order valence-corrected chi connectivity index (χ1v) is 10.6. The number of carbonyl (C=O) groups is 1. The second-order valence-corrected chi connectivity index (χ2v) is 7.85. The Labute approximate surface area is 183 Å². The van der Waals surface area contributed by atoms with Gasteiger partial charge in [0.15, 0.2) is 0 Å². The van der Waals surface area contributed by atoms with Gasteiger partial charge in [-0.2, -0.15) is 0 Å². The molecule has 1 aliphatic carbocycles. The Bertz CT molecular complexity index is 1110. The van der Waals surface area contributed by atoms with Crippen molar-refractivity contribution in [3.8, 4) is 17.0 Å². The molecule has 0 N–H and O–H groups in total. The molecule has 0 amide bonds. The molecule has 0 aliphatic heterocycles. The summed E-state index contributed by atoms with van der Waals surface area (Å²) < 4.78 is 47.3. The summed E-state index contributed by atoms with van der Waals surface area (Å²) in [5.41, 5.74) is 2.47. The molecule has 0 spiro atoms. The molecule has 1 fully saturated rings. The van der Waals surface area contributed by atoms with Crippen LogP contribution in [0.4, 0.5) is 13.2 Å². The molecule has 8 heteroatoms. The number of alkyl halides is 3. The van der Waals surface area contributed by atoms with Gasteiger partial charge in [0, 0.05) is 28.8 Å². The summed E-state index contributed by atoms with van der Waals surface area (Å²) in [5.74, 6) is -0.396. The SMILES string of the molecule is CCOC(=O)C1CCC(c2cc3cccnc3c(-c3cccc(OC(F)(F)F)c3)n2)CC1. The van der Waals surface area contributed by atoms with Gasteiger partial charge < -0.3 is 9.47 Å². The Morgan fingerprint density at radius 1 is 1.09 bits per heavy atom. The summed E-state index contributed by atoms with van der Waals surface area (Å²) in [6, 6.07) is 11.5. The monoisotopic (exact) mass is 444 g/mol. The number of hydrogen-bond donors (Lipinski definition) is 0.